The third kappa shape index (κ3) is 2.05. The first kappa shape index (κ1) is 11.0. The minimum atomic E-state index is -0.483. The van der Waals surface area contributed by atoms with Crippen LogP contribution in [0.5, 0.6) is 0 Å². The first-order chi connectivity index (χ1) is 6.57. The molecule has 0 N–H and O–H groups in total. The number of benzene rings is 1. The summed E-state index contributed by atoms with van der Waals surface area (Å²) >= 11 is 5.86. The zero-order chi connectivity index (χ0) is 10.7. The standard InChI is InChI=1S/C11H11ClFN/c1-7(2)8(6-14)11-9(12)4-3-5-10(11)13/h3-5,7-8H,1-2H3. The van der Waals surface area contributed by atoms with E-state index in [0.717, 1.165) is 0 Å². The molecule has 1 atom stereocenters. The first-order valence-electron chi connectivity index (χ1n) is 4.41. The van der Waals surface area contributed by atoms with Gasteiger partial charge >= 0.3 is 0 Å². The second-order valence-electron chi connectivity index (χ2n) is 3.49. The highest BCUT2D eigenvalue weighted by atomic mass is 35.5. The highest BCUT2D eigenvalue weighted by Crippen LogP contribution is 2.31. The molecular formula is C11H11ClFN. The monoisotopic (exact) mass is 211 g/mol. The van der Waals surface area contributed by atoms with Gasteiger partial charge in [0.05, 0.1) is 12.0 Å². The molecule has 0 spiro atoms. The quantitative estimate of drug-likeness (QED) is 0.731. The second kappa shape index (κ2) is 4.43. The molecule has 74 valence electrons. The zero-order valence-electron chi connectivity index (χ0n) is 8.09. The van der Waals surface area contributed by atoms with Crippen LogP contribution in [0.3, 0.4) is 0 Å². The summed E-state index contributed by atoms with van der Waals surface area (Å²) in [6.45, 7) is 3.74. The van der Waals surface area contributed by atoms with Gasteiger partial charge in [0.2, 0.25) is 0 Å². The van der Waals surface area contributed by atoms with Crippen LogP contribution in [0, 0.1) is 23.1 Å². The van der Waals surface area contributed by atoms with E-state index in [1.54, 1.807) is 6.07 Å². The number of hydrogen-bond acceptors (Lipinski definition) is 1. The predicted molar refractivity (Wildman–Crippen MR) is 54.6 cm³/mol. The molecule has 1 rings (SSSR count). The Morgan fingerprint density at radius 1 is 1.43 bits per heavy atom. The normalized spacial score (nSPS) is 12.6. The maximum atomic E-state index is 13.4. The molecule has 0 radical (unpaired) electrons. The second-order valence-corrected chi connectivity index (χ2v) is 3.89. The average Bonchev–Trinajstić information content (AvgIpc) is 2.10. The van der Waals surface area contributed by atoms with Crippen LogP contribution in [0.2, 0.25) is 5.02 Å². The van der Waals surface area contributed by atoms with Crippen molar-refractivity contribution in [3.8, 4) is 6.07 Å². The van der Waals surface area contributed by atoms with Crippen molar-refractivity contribution in [2.45, 2.75) is 19.8 Å². The summed E-state index contributed by atoms with van der Waals surface area (Å²) in [7, 11) is 0. The SMILES string of the molecule is CC(C)C(C#N)c1c(F)cccc1Cl. The molecular weight excluding hydrogens is 201 g/mol. The smallest absolute Gasteiger partial charge is 0.129 e. The van der Waals surface area contributed by atoms with Gasteiger partial charge in [-0.1, -0.05) is 31.5 Å². The van der Waals surface area contributed by atoms with E-state index in [1.807, 2.05) is 13.8 Å². The van der Waals surface area contributed by atoms with E-state index >= 15 is 0 Å². The summed E-state index contributed by atoms with van der Waals surface area (Å²) in [6, 6.07) is 6.54. The lowest BCUT2D eigenvalue weighted by atomic mass is 9.89. The Bertz CT molecular complexity index is 348. The number of rotatable bonds is 2. The van der Waals surface area contributed by atoms with Gasteiger partial charge in [0, 0.05) is 10.6 Å². The van der Waals surface area contributed by atoms with Crippen LogP contribution in [0.4, 0.5) is 4.39 Å². The fourth-order valence-electron chi connectivity index (χ4n) is 1.35. The van der Waals surface area contributed by atoms with Gasteiger partial charge in [0.1, 0.15) is 5.82 Å². The van der Waals surface area contributed by atoms with Gasteiger partial charge < -0.3 is 0 Å². The van der Waals surface area contributed by atoms with E-state index in [4.69, 9.17) is 16.9 Å². The van der Waals surface area contributed by atoms with Crippen molar-refractivity contribution in [2.75, 3.05) is 0 Å². The molecule has 0 aromatic heterocycles. The van der Waals surface area contributed by atoms with Crippen LogP contribution in [-0.2, 0) is 0 Å². The Labute approximate surface area is 88.1 Å². The van der Waals surface area contributed by atoms with Crippen LogP contribution in [0.1, 0.15) is 25.3 Å². The largest absolute Gasteiger partial charge is 0.207 e. The molecule has 0 fully saturated rings. The number of nitriles is 1. The van der Waals surface area contributed by atoms with Crippen molar-refractivity contribution < 1.29 is 4.39 Å². The molecule has 0 heterocycles. The fourth-order valence-corrected chi connectivity index (χ4v) is 1.64. The number of halogens is 2. The van der Waals surface area contributed by atoms with Crippen LogP contribution < -0.4 is 0 Å². The van der Waals surface area contributed by atoms with Gasteiger partial charge in [0.15, 0.2) is 0 Å². The molecule has 1 aromatic carbocycles. The van der Waals surface area contributed by atoms with Crippen molar-refractivity contribution in [2.24, 2.45) is 5.92 Å². The predicted octanol–water partition coefficient (Wildman–Crippen LogP) is 3.74. The molecule has 0 aliphatic heterocycles. The van der Waals surface area contributed by atoms with E-state index in [1.165, 1.54) is 12.1 Å². The molecule has 3 heteroatoms. The molecule has 1 nitrogen and oxygen atoms in total. The minimum Gasteiger partial charge on any atom is -0.207 e. The molecule has 0 saturated carbocycles. The summed E-state index contributed by atoms with van der Waals surface area (Å²) < 4.78 is 13.4. The maximum Gasteiger partial charge on any atom is 0.129 e. The van der Waals surface area contributed by atoms with Crippen molar-refractivity contribution in [1.29, 1.82) is 5.26 Å². The molecule has 14 heavy (non-hydrogen) atoms. The lowest BCUT2D eigenvalue weighted by Crippen LogP contribution is -2.07. The van der Waals surface area contributed by atoms with Crippen molar-refractivity contribution in [3.63, 3.8) is 0 Å². The van der Waals surface area contributed by atoms with E-state index in [0.29, 0.717) is 10.6 Å². The summed E-state index contributed by atoms with van der Waals surface area (Å²) in [6.07, 6.45) is 0. The highest BCUT2D eigenvalue weighted by molar-refractivity contribution is 6.31. The summed E-state index contributed by atoms with van der Waals surface area (Å²) in [5.41, 5.74) is 0.312. The minimum absolute atomic E-state index is 0.0504. The molecule has 1 unspecified atom stereocenters. The van der Waals surface area contributed by atoms with Gasteiger partial charge in [-0.15, -0.1) is 0 Å². The van der Waals surface area contributed by atoms with Gasteiger partial charge in [-0.05, 0) is 18.1 Å². The number of hydrogen-bond donors (Lipinski definition) is 0. The van der Waals surface area contributed by atoms with Crippen molar-refractivity contribution >= 4 is 11.6 Å². The van der Waals surface area contributed by atoms with Crippen LogP contribution >= 0.6 is 11.6 Å². The van der Waals surface area contributed by atoms with Crippen LogP contribution in [0.25, 0.3) is 0 Å². The Balaban J connectivity index is 3.24. The maximum absolute atomic E-state index is 13.4. The van der Waals surface area contributed by atoms with Gasteiger partial charge in [-0.3, -0.25) is 0 Å². The first-order valence-corrected chi connectivity index (χ1v) is 4.79. The van der Waals surface area contributed by atoms with E-state index < -0.39 is 11.7 Å². The van der Waals surface area contributed by atoms with E-state index in [2.05, 4.69) is 6.07 Å². The summed E-state index contributed by atoms with van der Waals surface area (Å²) in [5, 5.41) is 9.25. The molecule has 1 aromatic rings. The summed E-state index contributed by atoms with van der Waals surface area (Å²) in [5.74, 6) is -0.837. The molecule has 0 amide bonds. The zero-order valence-corrected chi connectivity index (χ0v) is 8.85. The van der Waals surface area contributed by atoms with E-state index in [-0.39, 0.29) is 5.92 Å². The lowest BCUT2D eigenvalue weighted by molar-refractivity contribution is 0.540. The Hall–Kier alpha value is -1.07. The summed E-state index contributed by atoms with van der Waals surface area (Å²) in [4.78, 5) is 0. The molecule has 0 aliphatic rings. The fraction of sp³-hybridized carbons (Fsp3) is 0.364. The van der Waals surface area contributed by atoms with Crippen LogP contribution in [-0.4, -0.2) is 0 Å². The highest BCUT2D eigenvalue weighted by Gasteiger charge is 2.21. The van der Waals surface area contributed by atoms with E-state index in [9.17, 15) is 4.39 Å². The Kier molecular flexibility index (Phi) is 3.49. The van der Waals surface area contributed by atoms with Crippen molar-refractivity contribution in [3.05, 3.63) is 34.6 Å². The Morgan fingerprint density at radius 3 is 2.50 bits per heavy atom. The molecule has 0 aliphatic carbocycles. The van der Waals surface area contributed by atoms with Crippen LogP contribution in [0.15, 0.2) is 18.2 Å². The lowest BCUT2D eigenvalue weighted by Gasteiger charge is -2.15. The Morgan fingerprint density at radius 2 is 2.07 bits per heavy atom. The molecule has 0 bridgehead atoms. The third-order valence-electron chi connectivity index (χ3n) is 2.12. The van der Waals surface area contributed by atoms with Gasteiger partial charge in [-0.2, -0.15) is 5.26 Å². The molecule has 0 saturated heterocycles. The van der Waals surface area contributed by atoms with Crippen molar-refractivity contribution in [1.82, 2.24) is 0 Å². The topological polar surface area (TPSA) is 23.8 Å². The third-order valence-corrected chi connectivity index (χ3v) is 2.45. The van der Waals surface area contributed by atoms with Gasteiger partial charge in [0.25, 0.3) is 0 Å². The average molecular weight is 212 g/mol. The van der Waals surface area contributed by atoms with Gasteiger partial charge in [-0.25, -0.2) is 4.39 Å². The number of nitrogens with zero attached hydrogens (tertiary/aromatic N) is 1.